The van der Waals surface area contributed by atoms with Crippen LogP contribution in [0.4, 0.5) is 13.2 Å². The Morgan fingerprint density at radius 1 is 0.939 bits per heavy atom. The molecule has 0 fully saturated rings. The average molecular weight is 478 g/mol. The summed E-state index contributed by atoms with van der Waals surface area (Å²) in [5.74, 6) is -0.344. The summed E-state index contributed by atoms with van der Waals surface area (Å²) in [7, 11) is -3.01. The number of halogens is 3. The predicted octanol–water partition coefficient (Wildman–Crippen LogP) is 4.25. The molecule has 3 aromatic carbocycles. The maximum Gasteiger partial charge on any atom is 0.416 e. The van der Waals surface area contributed by atoms with Crippen LogP contribution in [0.25, 0.3) is 0 Å². The van der Waals surface area contributed by atoms with Gasteiger partial charge in [-0.2, -0.15) is 26.7 Å². The molecule has 1 amide bonds. The molecule has 0 radical (unpaired) electrons. The number of nitrogens with zero attached hydrogens (tertiary/aromatic N) is 1. The van der Waals surface area contributed by atoms with Crippen LogP contribution < -0.4 is 14.3 Å². The molecule has 0 heterocycles. The molecule has 172 valence electrons. The van der Waals surface area contributed by atoms with Crippen LogP contribution in [0.15, 0.2) is 82.8 Å². The minimum absolute atomic E-state index is 0.132. The Morgan fingerprint density at radius 3 is 2.18 bits per heavy atom. The van der Waals surface area contributed by atoms with E-state index in [4.69, 9.17) is 8.92 Å². The molecular weight excluding hydrogens is 461 g/mol. The van der Waals surface area contributed by atoms with E-state index in [9.17, 15) is 26.4 Å². The predicted molar refractivity (Wildman–Crippen MR) is 114 cm³/mol. The third kappa shape index (κ3) is 5.89. The van der Waals surface area contributed by atoms with E-state index in [2.05, 4.69) is 10.5 Å². The molecule has 11 heteroatoms. The van der Waals surface area contributed by atoms with Gasteiger partial charge in [0.2, 0.25) is 0 Å². The maximum absolute atomic E-state index is 12.7. The molecule has 0 aromatic heterocycles. The molecule has 0 bridgehead atoms. The standard InChI is InChI=1S/C22H17F3N2O5S/c1-31-20-9-5-3-7-18(20)21(28)27-26-14-15-6-2-4-8-19(15)32-33(29,30)17-12-10-16(11-13-17)22(23,24)25/h2-14H,1H3,(H,27,28)/b26-14+. The number of para-hydroxylation sites is 2. The summed E-state index contributed by atoms with van der Waals surface area (Å²) in [5.41, 5.74) is 1.76. The third-order valence-corrected chi connectivity index (χ3v) is 5.56. The van der Waals surface area contributed by atoms with Crippen molar-refractivity contribution in [1.82, 2.24) is 5.43 Å². The zero-order valence-electron chi connectivity index (χ0n) is 17.0. The molecular formula is C22H17F3N2O5S. The Kier molecular flexibility index (Phi) is 7.02. The molecule has 0 aliphatic heterocycles. The number of benzene rings is 3. The van der Waals surface area contributed by atoms with Gasteiger partial charge in [0.15, 0.2) is 5.75 Å². The number of carbonyl (C=O) groups is 1. The number of hydrazone groups is 1. The van der Waals surface area contributed by atoms with Crippen molar-refractivity contribution in [3.8, 4) is 11.5 Å². The highest BCUT2D eigenvalue weighted by Gasteiger charge is 2.31. The van der Waals surface area contributed by atoms with Crippen molar-refractivity contribution in [2.45, 2.75) is 11.1 Å². The van der Waals surface area contributed by atoms with Crippen molar-refractivity contribution >= 4 is 22.2 Å². The van der Waals surface area contributed by atoms with Crippen molar-refractivity contribution < 1.29 is 35.3 Å². The molecule has 7 nitrogen and oxygen atoms in total. The van der Waals surface area contributed by atoms with Crippen LogP contribution in [-0.4, -0.2) is 27.6 Å². The normalized spacial score (nSPS) is 11.9. The monoisotopic (exact) mass is 478 g/mol. The first kappa shape index (κ1) is 23.8. The van der Waals surface area contributed by atoms with Crippen molar-refractivity contribution in [2.24, 2.45) is 5.10 Å². The first-order valence-electron chi connectivity index (χ1n) is 9.29. The number of amides is 1. The third-order valence-electron chi connectivity index (χ3n) is 4.31. The Hall–Kier alpha value is -3.86. The summed E-state index contributed by atoms with van der Waals surface area (Å²) in [6.07, 6.45) is -3.43. The van der Waals surface area contributed by atoms with Gasteiger partial charge in [0.25, 0.3) is 5.91 Å². The molecule has 0 spiro atoms. The average Bonchev–Trinajstić information content (AvgIpc) is 2.79. The second kappa shape index (κ2) is 9.74. The quantitative estimate of drug-likeness (QED) is 0.311. The first-order chi connectivity index (χ1) is 15.6. The van der Waals surface area contributed by atoms with E-state index in [0.717, 1.165) is 12.1 Å². The lowest BCUT2D eigenvalue weighted by atomic mass is 10.2. The maximum atomic E-state index is 12.7. The van der Waals surface area contributed by atoms with Gasteiger partial charge in [-0.05, 0) is 48.5 Å². The first-order valence-corrected chi connectivity index (χ1v) is 10.7. The second-order valence-electron chi connectivity index (χ2n) is 6.50. The number of alkyl halides is 3. The van der Waals surface area contributed by atoms with Crippen LogP contribution in [0.1, 0.15) is 21.5 Å². The number of rotatable bonds is 7. The van der Waals surface area contributed by atoms with Crippen LogP contribution in [-0.2, 0) is 16.3 Å². The molecule has 3 rings (SSSR count). The second-order valence-corrected chi connectivity index (χ2v) is 8.04. The smallest absolute Gasteiger partial charge is 0.416 e. The van der Waals surface area contributed by atoms with Gasteiger partial charge in [-0.15, -0.1) is 0 Å². The summed E-state index contributed by atoms with van der Waals surface area (Å²) in [5, 5.41) is 3.82. The fraction of sp³-hybridized carbons (Fsp3) is 0.0909. The van der Waals surface area contributed by atoms with Crippen LogP contribution >= 0.6 is 0 Å². The van der Waals surface area contributed by atoms with Crippen LogP contribution in [0, 0.1) is 0 Å². The Labute approximate surface area is 187 Å². The summed E-state index contributed by atoms with van der Waals surface area (Å²) in [6.45, 7) is 0. The lowest BCUT2D eigenvalue weighted by Gasteiger charge is -2.11. The van der Waals surface area contributed by atoms with Crippen LogP contribution in [0.3, 0.4) is 0 Å². The minimum Gasteiger partial charge on any atom is -0.496 e. The van der Waals surface area contributed by atoms with Crippen LogP contribution in [0.2, 0.25) is 0 Å². The Bertz CT molecular complexity index is 1270. The number of methoxy groups -OCH3 is 1. The molecule has 0 saturated carbocycles. The van der Waals surface area contributed by atoms with E-state index in [0.29, 0.717) is 17.9 Å². The highest BCUT2D eigenvalue weighted by atomic mass is 32.2. The van der Waals surface area contributed by atoms with Gasteiger partial charge < -0.3 is 8.92 Å². The molecule has 33 heavy (non-hydrogen) atoms. The number of nitrogens with one attached hydrogen (secondary N) is 1. The summed E-state index contributed by atoms with van der Waals surface area (Å²) in [6, 6.07) is 15.3. The molecule has 0 saturated heterocycles. The molecule has 0 atom stereocenters. The van der Waals surface area contributed by atoms with Gasteiger partial charge in [0.05, 0.1) is 24.5 Å². The summed E-state index contributed by atoms with van der Waals surface area (Å²) < 4.78 is 73.4. The fourth-order valence-corrected chi connectivity index (χ4v) is 3.65. The van der Waals surface area contributed by atoms with Gasteiger partial charge in [-0.1, -0.05) is 24.3 Å². The lowest BCUT2D eigenvalue weighted by Crippen LogP contribution is -2.18. The van der Waals surface area contributed by atoms with Crippen LogP contribution in [0.5, 0.6) is 11.5 Å². The topological polar surface area (TPSA) is 94.1 Å². The van der Waals surface area contributed by atoms with Gasteiger partial charge in [0, 0.05) is 5.56 Å². The van der Waals surface area contributed by atoms with Crippen molar-refractivity contribution in [1.29, 1.82) is 0 Å². The molecule has 3 aromatic rings. The zero-order chi connectivity index (χ0) is 24.1. The van der Waals surface area contributed by atoms with Crippen molar-refractivity contribution in [3.63, 3.8) is 0 Å². The summed E-state index contributed by atoms with van der Waals surface area (Å²) >= 11 is 0. The number of ether oxygens (including phenoxy) is 1. The van der Waals surface area contributed by atoms with Gasteiger partial charge in [-0.3, -0.25) is 4.79 Å². The fourth-order valence-electron chi connectivity index (χ4n) is 2.69. The van der Waals surface area contributed by atoms with E-state index in [1.165, 1.54) is 37.6 Å². The SMILES string of the molecule is COc1ccccc1C(=O)N/N=C/c1ccccc1OS(=O)(=O)c1ccc(C(F)(F)F)cc1. The largest absolute Gasteiger partial charge is 0.496 e. The van der Waals surface area contributed by atoms with Crippen molar-refractivity contribution in [3.05, 3.63) is 89.5 Å². The highest BCUT2D eigenvalue weighted by molar-refractivity contribution is 7.87. The minimum atomic E-state index is -4.60. The lowest BCUT2D eigenvalue weighted by molar-refractivity contribution is -0.137. The summed E-state index contributed by atoms with van der Waals surface area (Å²) in [4.78, 5) is 11.8. The van der Waals surface area contributed by atoms with Gasteiger partial charge in [0.1, 0.15) is 10.6 Å². The molecule has 1 N–H and O–H groups in total. The Balaban J connectivity index is 1.77. The number of hydrogen-bond donors (Lipinski definition) is 1. The highest BCUT2D eigenvalue weighted by Crippen LogP contribution is 2.30. The van der Waals surface area contributed by atoms with E-state index in [1.807, 2.05) is 0 Å². The number of carbonyl (C=O) groups excluding carboxylic acids is 1. The van der Waals surface area contributed by atoms with E-state index >= 15 is 0 Å². The molecule has 0 unspecified atom stereocenters. The van der Waals surface area contributed by atoms with E-state index < -0.39 is 32.7 Å². The van der Waals surface area contributed by atoms with Gasteiger partial charge in [-0.25, -0.2) is 5.43 Å². The zero-order valence-corrected chi connectivity index (χ0v) is 17.9. The molecule has 0 aliphatic carbocycles. The van der Waals surface area contributed by atoms with Crippen molar-refractivity contribution in [2.75, 3.05) is 7.11 Å². The van der Waals surface area contributed by atoms with E-state index in [-0.39, 0.29) is 16.9 Å². The Morgan fingerprint density at radius 2 is 1.55 bits per heavy atom. The number of hydrogen-bond acceptors (Lipinski definition) is 6. The molecule has 0 aliphatic rings. The van der Waals surface area contributed by atoms with E-state index in [1.54, 1.807) is 24.3 Å². The van der Waals surface area contributed by atoms with Gasteiger partial charge >= 0.3 is 16.3 Å².